The minimum absolute atomic E-state index is 0.0167. The number of ketones is 1. The summed E-state index contributed by atoms with van der Waals surface area (Å²) in [4.78, 5) is 29.5. The second-order valence-electron chi connectivity index (χ2n) is 7.95. The fourth-order valence-electron chi connectivity index (χ4n) is 3.72. The van der Waals surface area contributed by atoms with E-state index in [4.69, 9.17) is 27.9 Å². The lowest BCUT2D eigenvalue weighted by Gasteiger charge is -2.26. The molecule has 1 fully saturated rings. The topological polar surface area (TPSA) is 70.1 Å². The number of carbonyl (C=O) groups is 2. The van der Waals surface area contributed by atoms with E-state index < -0.39 is 17.7 Å². The summed E-state index contributed by atoms with van der Waals surface area (Å²) >= 11 is 12.3. The van der Waals surface area contributed by atoms with Crippen LogP contribution in [0.1, 0.15) is 23.6 Å². The Morgan fingerprint density at radius 3 is 2.45 bits per heavy atom. The first-order valence-electron chi connectivity index (χ1n) is 10.5. The van der Waals surface area contributed by atoms with Crippen LogP contribution < -0.4 is 4.74 Å². The zero-order valence-electron chi connectivity index (χ0n) is 18.6. The Labute approximate surface area is 203 Å². The Hall–Kier alpha value is -2.80. The first kappa shape index (κ1) is 24.8. The van der Waals surface area contributed by atoms with E-state index in [1.54, 1.807) is 48.5 Å². The molecule has 0 saturated carbocycles. The molecule has 0 aliphatic carbocycles. The average Bonchev–Trinajstić information content (AvgIpc) is 3.04. The number of ether oxygens (including phenoxy) is 1. The minimum atomic E-state index is -0.779. The Balaban J connectivity index is 2.05. The number of aliphatic hydroxyl groups is 1. The van der Waals surface area contributed by atoms with Gasteiger partial charge in [-0.05, 0) is 69.0 Å². The zero-order chi connectivity index (χ0) is 24.1. The van der Waals surface area contributed by atoms with E-state index in [2.05, 4.69) is 6.58 Å². The van der Waals surface area contributed by atoms with Crippen molar-refractivity contribution in [2.75, 3.05) is 33.8 Å². The van der Waals surface area contributed by atoms with Gasteiger partial charge in [0.25, 0.3) is 11.7 Å². The summed E-state index contributed by atoms with van der Waals surface area (Å²) in [5.74, 6) is -1.05. The molecule has 6 nitrogen and oxygen atoms in total. The van der Waals surface area contributed by atoms with E-state index in [1.807, 2.05) is 19.0 Å². The lowest BCUT2D eigenvalue weighted by molar-refractivity contribution is -0.139. The van der Waals surface area contributed by atoms with Crippen molar-refractivity contribution in [2.24, 2.45) is 0 Å². The van der Waals surface area contributed by atoms with Gasteiger partial charge in [0, 0.05) is 12.1 Å². The largest absolute Gasteiger partial charge is 0.507 e. The van der Waals surface area contributed by atoms with E-state index in [1.165, 1.54) is 4.90 Å². The number of rotatable bonds is 9. The molecule has 2 aromatic carbocycles. The lowest BCUT2D eigenvalue weighted by Crippen LogP contribution is -2.32. The molecule has 33 heavy (non-hydrogen) atoms. The van der Waals surface area contributed by atoms with E-state index in [9.17, 15) is 14.7 Å². The van der Waals surface area contributed by atoms with Crippen LogP contribution in [0.4, 0.5) is 0 Å². The second-order valence-corrected chi connectivity index (χ2v) is 8.76. The van der Waals surface area contributed by atoms with Crippen LogP contribution in [0.25, 0.3) is 5.76 Å². The summed E-state index contributed by atoms with van der Waals surface area (Å²) in [6, 6.07) is 10.8. The maximum Gasteiger partial charge on any atom is 0.295 e. The standard InChI is InChI=1S/C25H26Cl2N2O4/c1-4-14-33-18-9-6-16(7-10-18)23(30)21-22(17-8-11-19(26)20(27)15-17)29(25(32)24(21)31)13-5-12-28(2)3/h4,6-11,15,22,30H,1,5,12-14H2,2-3H3/b23-21-. The first-order chi connectivity index (χ1) is 15.7. The number of benzene rings is 2. The van der Waals surface area contributed by atoms with Crippen molar-refractivity contribution in [3.05, 3.63) is 81.9 Å². The van der Waals surface area contributed by atoms with Crippen LogP contribution in [0.3, 0.4) is 0 Å². The van der Waals surface area contributed by atoms with Crippen LogP contribution >= 0.6 is 23.2 Å². The summed E-state index contributed by atoms with van der Waals surface area (Å²) in [6.45, 7) is 5.04. The maximum atomic E-state index is 13.1. The summed E-state index contributed by atoms with van der Waals surface area (Å²) < 4.78 is 5.47. The number of halogens is 2. The highest BCUT2D eigenvalue weighted by molar-refractivity contribution is 6.46. The van der Waals surface area contributed by atoms with Crippen molar-refractivity contribution in [1.29, 1.82) is 0 Å². The highest BCUT2D eigenvalue weighted by atomic mass is 35.5. The van der Waals surface area contributed by atoms with Crippen LogP contribution in [-0.2, 0) is 9.59 Å². The third kappa shape index (κ3) is 5.58. The van der Waals surface area contributed by atoms with Gasteiger partial charge < -0.3 is 19.6 Å². The molecule has 1 unspecified atom stereocenters. The van der Waals surface area contributed by atoms with Gasteiger partial charge in [-0.15, -0.1) is 0 Å². The highest BCUT2D eigenvalue weighted by Crippen LogP contribution is 2.41. The Morgan fingerprint density at radius 2 is 1.85 bits per heavy atom. The Bertz CT molecular complexity index is 1080. The first-order valence-corrected chi connectivity index (χ1v) is 11.2. The predicted octanol–water partition coefficient (Wildman–Crippen LogP) is 4.93. The number of aliphatic hydroxyl groups excluding tert-OH is 1. The number of carbonyl (C=O) groups excluding carboxylic acids is 2. The molecule has 0 radical (unpaired) electrons. The summed E-state index contributed by atoms with van der Waals surface area (Å²) in [5.41, 5.74) is 1.02. The highest BCUT2D eigenvalue weighted by Gasteiger charge is 2.45. The van der Waals surface area contributed by atoms with Crippen molar-refractivity contribution < 1.29 is 19.4 Å². The number of likely N-dealkylation sites (tertiary alicyclic amines) is 1. The molecular weight excluding hydrogens is 463 g/mol. The third-order valence-electron chi connectivity index (χ3n) is 5.30. The van der Waals surface area contributed by atoms with Crippen LogP contribution in [0.5, 0.6) is 5.75 Å². The van der Waals surface area contributed by atoms with Crippen LogP contribution in [0, 0.1) is 0 Å². The van der Waals surface area contributed by atoms with Gasteiger partial charge in [-0.2, -0.15) is 0 Å². The molecule has 174 valence electrons. The molecule has 0 bridgehead atoms. The number of Topliss-reactive ketones (excluding diaryl/α,β-unsaturated/α-hetero) is 1. The average molecular weight is 489 g/mol. The number of hydrogen-bond acceptors (Lipinski definition) is 5. The molecule has 1 aliphatic rings. The van der Waals surface area contributed by atoms with E-state index >= 15 is 0 Å². The van der Waals surface area contributed by atoms with Gasteiger partial charge in [0.05, 0.1) is 21.7 Å². The molecule has 8 heteroatoms. The molecule has 2 aromatic rings. The zero-order valence-corrected chi connectivity index (χ0v) is 20.1. The van der Waals surface area contributed by atoms with Crippen molar-refractivity contribution in [2.45, 2.75) is 12.5 Å². The number of nitrogens with zero attached hydrogens (tertiary/aromatic N) is 2. The van der Waals surface area contributed by atoms with Gasteiger partial charge in [-0.25, -0.2) is 0 Å². The summed E-state index contributed by atoms with van der Waals surface area (Å²) in [7, 11) is 3.87. The monoisotopic (exact) mass is 488 g/mol. The van der Waals surface area contributed by atoms with Gasteiger partial charge >= 0.3 is 0 Å². The SMILES string of the molecule is C=CCOc1ccc(/C(O)=C2/C(=O)C(=O)N(CCCN(C)C)C2c2ccc(Cl)c(Cl)c2)cc1. The minimum Gasteiger partial charge on any atom is -0.507 e. The summed E-state index contributed by atoms with van der Waals surface area (Å²) in [5, 5.41) is 11.8. The number of amides is 1. The van der Waals surface area contributed by atoms with Crippen molar-refractivity contribution in [3.8, 4) is 5.75 Å². The fraction of sp³-hybridized carbons (Fsp3) is 0.280. The summed E-state index contributed by atoms with van der Waals surface area (Å²) in [6.07, 6.45) is 2.29. The molecule has 1 N–H and O–H groups in total. The van der Waals surface area contributed by atoms with Crippen molar-refractivity contribution in [3.63, 3.8) is 0 Å². The Kier molecular flexibility index (Phi) is 8.19. The molecule has 1 aliphatic heterocycles. The van der Waals surface area contributed by atoms with Crippen LogP contribution in [-0.4, -0.2) is 60.4 Å². The predicted molar refractivity (Wildman–Crippen MR) is 131 cm³/mol. The van der Waals surface area contributed by atoms with Gasteiger partial charge in [-0.1, -0.05) is 41.9 Å². The smallest absolute Gasteiger partial charge is 0.295 e. The maximum absolute atomic E-state index is 13.1. The van der Waals surface area contributed by atoms with E-state index in [-0.39, 0.29) is 11.3 Å². The normalized spacial score (nSPS) is 17.6. The second kappa shape index (κ2) is 10.9. The molecule has 1 amide bonds. The molecule has 3 rings (SSSR count). The van der Waals surface area contributed by atoms with Gasteiger partial charge in [0.2, 0.25) is 0 Å². The van der Waals surface area contributed by atoms with Crippen molar-refractivity contribution in [1.82, 2.24) is 9.80 Å². The van der Waals surface area contributed by atoms with E-state index in [0.29, 0.717) is 46.5 Å². The lowest BCUT2D eigenvalue weighted by atomic mass is 9.95. The van der Waals surface area contributed by atoms with Gasteiger partial charge in [-0.3, -0.25) is 9.59 Å². The Morgan fingerprint density at radius 1 is 1.15 bits per heavy atom. The molecule has 1 atom stereocenters. The van der Waals surface area contributed by atoms with Gasteiger partial charge in [0.15, 0.2) is 0 Å². The van der Waals surface area contributed by atoms with E-state index in [0.717, 1.165) is 6.54 Å². The van der Waals surface area contributed by atoms with Gasteiger partial charge in [0.1, 0.15) is 18.1 Å². The fourth-order valence-corrected chi connectivity index (χ4v) is 4.02. The molecule has 0 aromatic heterocycles. The number of hydrogen-bond donors (Lipinski definition) is 1. The molecule has 1 saturated heterocycles. The van der Waals surface area contributed by atoms with Crippen LogP contribution in [0.15, 0.2) is 60.7 Å². The van der Waals surface area contributed by atoms with Crippen LogP contribution in [0.2, 0.25) is 10.0 Å². The van der Waals surface area contributed by atoms with Crippen molar-refractivity contribution >= 4 is 40.7 Å². The molecule has 1 heterocycles. The molecule has 0 spiro atoms. The third-order valence-corrected chi connectivity index (χ3v) is 6.04. The molecular formula is C25H26Cl2N2O4. The quantitative estimate of drug-likeness (QED) is 0.234.